The van der Waals surface area contributed by atoms with Crippen LogP contribution >= 0.6 is 0 Å². The van der Waals surface area contributed by atoms with E-state index < -0.39 is 6.10 Å². The van der Waals surface area contributed by atoms with Crippen molar-refractivity contribution in [1.29, 1.82) is 0 Å². The molecular weight excluding hydrogens is 296 g/mol. The summed E-state index contributed by atoms with van der Waals surface area (Å²) in [4.78, 5) is 24.9. The molecule has 1 amide bonds. The van der Waals surface area contributed by atoms with Crippen LogP contribution in [0, 0.1) is 0 Å². The minimum absolute atomic E-state index is 0.0136. The Morgan fingerprint density at radius 3 is 2.74 bits per heavy atom. The zero-order valence-electron chi connectivity index (χ0n) is 13.2. The largest absolute Gasteiger partial charge is 0.390 e. The number of piperazine rings is 1. The molecule has 8 heteroatoms. The molecule has 2 aliphatic rings. The molecule has 3 N–H and O–H groups in total. The molecule has 1 aromatic heterocycles. The highest BCUT2D eigenvalue weighted by Gasteiger charge is 2.26. The second-order valence-electron chi connectivity index (χ2n) is 6.05. The lowest BCUT2D eigenvalue weighted by Crippen LogP contribution is -2.55. The normalized spacial score (nSPS) is 26.0. The van der Waals surface area contributed by atoms with Crippen molar-refractivity contribution < 1.29 is 9.90 Å². The fourth-order valence-corrected chi connectivity index (χ4v) is 3.03. The molecule has 0 unspecified atom stereocenters. The van der Waals surface area contributed by atoms with Crippen molar-refractivity contribution >= 4 is 11.9 Å². The lowest BCUT2D eigenvalue weighted by molar-refractivity contribution is -0.124. The van der Waals surface area contributed by atoms with E-state index in [1.807, 2.05) is 0 Å². The summed E-state index contributed by atoms with van der Waals surface area (Å²) in [5.41, 5.74) is 0. The smallest absolute Gasteiger partial charge is 0.234 e. The van der Waals surface area contributed by atoms with Gasteiger partial charge in [-0.3, -0.25) is 9.69 Å². The first-order chi connectivity index (χ1) is 11.2. The summed E-state index contributed by atoms with van der Waals surface area (Å²) in [6.07, 6.45) is 3.75. The second kappa shape index (κ2) is 7.67. The molecule has 2 saturated heterocycles. The minimum Gasteiger partial charge on any atom is -0.390 e. The molecule has 0 bridgehead atoms. The first-order valence-corrected chi connectivity index (χ1v) is 8.15. The number of carbonyl (C=O) groups excluding carboxylic acids is 1. The number of aliphatic hydroxyl groups excluding tert-OH is 1. The van der Waals surface area contributed by atoms with Gasteiger partial charge in [-0.25, -0.2) is 9.97 Å². The number of nitrogens with one attached hydrogen (secondary N) is 2. The van der Waals surface area contributed by atoms with Crippen LogP contribution in [0.25, 0.3) is 0 Å². The van der Waals surface area contributed by atoms with Crippen molar-refractivity contribution in [3.05, 3.63) is 18.5 Å². The number of nitrogens with zero attached hydrogens (tertiary/aromatic N) is 4. The number of β-amino-alcohol motifs (C(OH)–C–C–N with tert-alkyl or cyclic N) is 1. The van der Waals surface area contributed by atoms with E-state index in [9.17, 15) is 9.90 Å². The summed E-state index contributed by atoms with van der Waals surface area (Å²) in [7, 11) is 0. The number of anilines is 1. The van der Waals surface area contributed by atoms with Crippen LogP contribution in [0.4, 0.5) is 5.95 Å². The lowest BCUT2D eigenvalue weighted by Gasteiger charge is -2.35. The summed E-state index contributed by atoms with van der Waals surface area (Å²) in [6, 6.07) is 1.67. The van der Waals surface area contributed by atoms with Crippen LogP contribution in [0.15, 0.2) is 18.5 Å². The van der Waals surface area contributed by atoms with Crippen LogP contribution in [0.3, 0.4) is 0 Å². The van der Waals surface area contributed by atoms with Crippen LogP contribution in [0.5, 0.6) is 0 Å². The Kier molecular flexibility index (Phi) is 5.37. The number of aliphatic hydroxyl groups is 1. The van der Waals surface area contributed by atoms with Gasteiger partial charge in [0.1, 0.15) is 0 Å². The van der Waals surface area contributed by atoms with E-state index in [0.717, 1.165) is 45.1 Å². The molecule has 2 fully saturated rings. The Bertz CT molecular complexity index is 506. The van der Waals surface area contributed by atoms with E-state index in [-0.39, 0.29) is 11.9 Å². The van der Waals surface area contributed by atoms with E-state index >= 15 is 0 Å². The third kappa shape index (κ3) is 4.37. The third-order valence-corrected chi connectivity index (χ3v) is 4.37. The number of hydrogen-bond acceptors (Lipinski definition) is 7. The summed E-state index contributed by atoms with van der Waals surface area (Å²) in [6.45, 7) is 4.99. The number of piperidine rings is 1. The minimum atomic E-state index is -0.500. The zero-order valence-corrected chi connectivity index (χ0v) is 13.2. The molecular formula is C15H24N6O2. The first kappa shape index (κ1) is 16.1. The van der Waals surface area contributed by atoms with Gasteiger partial charge < -0.3 is 20.6 Å². The van der Waals surface area contributed by atoms with Crippen LogP contribution in [0.1, 0.15) is 6.42 Å². The molecule has 0 aromatic carbocycles. The topological polar surface area (TPSA) is 93.6 Å². The van der Waals surface area contributed by atoms with Crippen LogP contribution < -0.4 is 15.5 Å². The van der Waals surface area contributed by atoms with E-state index in [2.05, 4.69) is 30.4 Å². The van der Waals surface area contributed by atoms with Gasteiger partial charge in [-0.2, -0.15) is 0 Å². The maximum Gasteiger partial charge on any atom is 0.234 e. The second-order valence-corrected chi connectivity index (χ2v) is 6.05. The predicted octanol–water partition coefficient (Wildman–Crippen LogP) is -1.56. The Morgan fingerprint density at radius 2 is 2.04 bits per heavy atom. The van der Waals surface area contributed by atoms with E-state index in [4.69, 9.17) is 0 Å². The highest BCUT2D eigenvalue weighted by atomic mass is 16.3. The van der Waals surface area contributed by atoms with Gasteiger partial charge in [0, 0.05) is 45.1 Å². The van der Waals surface area contributed by atoms with Crippen molar-refractivity contribution in [2.75, 3.05) is 50.7 Å². The summed E-state index contributed by atoms with van der Waals surface area (Å²) in [5.74, 6) is 0.731. The molecule has 126 valence electrons. The van der Waals surface area contributed by atoms with Gasteiger partial charge in [0.05, 0.1) is 18.7 Å². The van der Waals surface area contributed by atoms with Gasteiger partial charge in [-0.1, -0.05) is 0 Å². The van der Waals surface area contributed by atoms with Gasteiger partial charge in [0.2, 0.25) is 11.9 Å². The van der Waals surface area contributed by atoms with E-state index in [0.29, 0.717) is 13.1 Å². The van der Waals surface area contributed by atoms with Crippen molar-refractivity contribution in [3.8, 4) is 0 Å². The molecule has 23 heavy (non-hydrogen) atoms. The van der Waals surface area contributed by atoms with Crippen LogP contribution in [-0.4, -0.2) is 83.8 Å². The van der Waals surface area contributed by atoms with E-state index in [1.54, 1.807) is 18.5 Å². The molecule has 0 radical (unpaired) electrons. The standard InChI is InChI=1S/C15H24N6O2/c22-13-10-16-5-2-12(13)19-14(23)11-20-6-8-21(9-7-20)15-17-3-1-4-18-15/h1,3-4,12-13,16,22H,2,5-11H2,(H,19,23)/t12-,13-/m1/s1. The molecule has 0 aliphatic carbocycles. The Balaban J connectivity index is 1.42. The van der Waals surface area contributed by atoms with Crippen molar-refractivity contribution in [1.82, 2.24) is 25.5 Å². The fraction of sp³-hybridized carbons (Fsp3) is 0.667. The maximum absolute atomic E-state index is 12.2. The number of hydrogen-bond donors (Lipinski definition) is 3. The lowest BCUT2D eigenvalue weighted by atomic mass is 10.0. The molecule has 1 aromatic rings. The van der Waals surface area contributed by atoms with Crippen molar-refractivity contribution in [2.24, 2.45) is 0 Å². The third-order valence-electron chi connectivity index (χ3n) is 4.37. The monoisotopic (exact) mass is 320 g/mol. The Labute approximate surface area is 135 Å². The SMILES string of the molecule is O=C(CN1CCN(c2ncccn2)CC1)N[C@@H]1CCNC[C@H]1O. The Morgan fingerprint density at radius 1 is 1.30 bits per heavy atom. The average molecular weight is 320 g/mol. The predicted molar refractivity (Wildman–Crippen MR) is 86.1 cm³/mol. The molecule has 8 nitrogen and oxygen atoms in total. The van der Waals surface area contributed by atoms with Gasteiger partial charge in [-0.05, 0) is 19.0 Å². The van der Waals surface area contributed by atoms with Crippen molar-refractivity contribution in [2.45, 2.75) is 18.6 Å². The first-order valence-electron chi connectivity index (χ1n) is 8.15. The van der Waals surface area contributed by atoms with Gasteiger partial charge >= 0.3 is 0 Å². The van der Waals surface area contributed by atoms with E-state index in [1.165, 1.54) is 0 Å². The average Bonchev–Trinajstić information content (AvgIpc) is 2.58. The highest BCUT2D eigenvalue weighted by molar-refractivity contribution is 5.78. The van der Waals surface area contributed by atoms with Crippen molar-refractivity contribution in [3.63, 3.8) is 0 Å². The maximum atomic E-state index is 12.2. The molecule has 3 heterocycles. The number of rotatable bonds is 4. The van der Waals surface area contributed by atoms with Gasteiger partial charge in [0.25, 0.3) is 0 Å². The molecule has 2 aliphatic heterocycles. The summed E-state index contributed by atoms with van der Waals surface area (Å²) < 4.78 is 0. The zero-order chi connectivity index (χ0) is 16.1. The van der Waals surface area contributed by atoms with Gasteiger partial charge in [0.15, 0.2) is 0 Å². The summed E-state index contributed by atoms with van der Waals surface area (Å²) in [5, 5.41) is 15.9. The fourth-order valence-electron chi connectivity index (χ4n) is 3.03. The molecule has 3 rings (SSSR count). The van der Waals surface area contributed by atoms with Crippen LogP contribution in [-0.2, 0) is 4.79 Å². The molecule has 0 saturated carbocycles. The number of amides is 1. The van der Waals surface area contributed by atoms with Gasteiger partial charge in [-0.15, -0.1) is 0 Å². The molecule has 0 spiro atoms. The molecule has 2 atom stereocenters. The highest BCUT2D eigenvalue weighted by Crippen LogP contribution is 2.09. The van der Waals surface area contributed by atoms with Crippen LogP contribution in [0.2, 0.25) is 0 Å². The summed E-state index contributed by atoms with van der Waals surface area (Å²) >= 11 is 0. The Hall–Kier alpha value is -1.77. The quantitative estimate of drug-likeness (QED) is 0.617. The number of aromatic nitrogens is 2. The number of carbonyl (C=O) groups is 1.